The van der Waals surface area contributed by atoms with Crippen LogP contribution in [0, 0.1) is 13.8 Å². The standard InChI is InChI=1S/C24H23NO2/c1-18-11-10-16-23(20(18)3)27-24(25-21-12-6-4-7-13-21)19(2)17-26-22-14-8-5-9-15-22/h4-17H,1-3H3/b19-17+,25-24+. The lowest BCUT2D eigenvalue weighted by Crippen LogP contribution is -2.12. The largest absolute Gasteiger partial charge is 0.465 e. The van der Waals surface area contributed by atoms with E-state index in [-0.39, 0.29) is 0 Å². The Hall–Kier alpha value is -3.33. The van der Waals surface area contributed by atoms with Crippen molar-refractivity contribution in [3.8, 4) is 11.5 Å². The van der Waals surface area contributed by atoms with Gasteiger partial charge in [-0.2, -0.15) is 0 Å². The van der Waals surface area contributed by atoms with Gasteiger partial charge in [0.05, 0.1) is 11.9 Å². The number of aliphatic imine (C=N–C) groups is 1. The maximum Gasteiger partial charge on any atom is 0.225 e. The van der Waals surface area contributed by atoms with Crippen LogP contribution >= 0.6 is 0 Å². The van der Waals surface area contributed by atoms with Crippen LogP contribution < -0.4 is 9.47 Å². The number of rotatable bonds is 5. The molecule has 3 rings (SSSR count). The zero-order valence-corrected chi connectivity index (χ0v) is 15.8. The topological polar surface area (TPSA) is 30.8 Å². The minimum Gasteiger partial charge on any atom is -0.465 e. The lowest BCUT2D eigenvalue weighted by Gasteiger charge is -2.13. The summed E-state index contributed by atoms with van der Waals surface area (Å²) in [5.74, 6) is 2.06. The van der Waals surface area contributed by atoms with Crippen molar-refractivity contribution in [3.63, 3.8) is 0 Å². The molecule has 0 unspecified atom stereocenters. The highest BCUT2D eigenvalue weighted by atomic mass is 16.5. The summed E-state index contributed by atoms with van der Waals surface area (Å²) in [5.41, 5.74) is 3.89. The van der Waals surface area contributed by atoms with Crippen molar-refractivity contribution in [2.45, 2.75) is 20.8 Å². The van der Waals surface area contributed by atoms with Gasteiger partial charge in [-0.25, -0.2) is 4.99 Å². The molecule has 0 radical (unpaired) electrons. The van der Waals surface area contributed by atoms with E-state index in [4.69, 9.17) is 9.47 Å². The second-order valence-corrected chi connectivity index (χ2v) is 6.28. The summed E-state index contributed by atoms with van der Waals surface area (Å²) in [4.78, 5) is 4.68. The van der Waals surface area contributed by atoms with Crippen molar-refractivity contribution in [1.82, 2.24) is 0 Å². The molecule has 3 nitrogen and oxygen atoms in total. The van der Waals surface area contributed by atoms with Gasteiger partial charge in [0.15, 0.2) is 0 Å². The fraction of sp³-hybridized carbons (Fsp3) is 0.125. The first-order valence-electron chi connectivity index (χ1n) is 8.90. The van der Waals surface area contributed by atoms with Crippen LogP contribution in [-0.4, -0.2) is 5.90 Å². The zero-order chi connectivity index (χ0) is 19.1. The molecule has 0 aliphatic heterocycles. The van der Waals surface area contributed by atoms with Gasteiger partial charge in [-0.15, -0.1) is 0 Å². The van der Waals surface area contributed by atoms with Crippen LogP contribution in [0.3, 0.4) is 0 Å². The summed E-state index contributed by atoms with van der Waals surface area (Å²) in [6.45, 7) is 6.04. The van der Waals surface area contributed by atoms with Crippen LogP contribution in [0.25, 0.3) is 0 Å². The number of nitrogens with zero attached hydrogens (tertiary/aromatic N) is 1. The van der Waals surface area contributed by atoms with Gasteiger partial charge in [0.1, 0.15) is 11.5 Å². The Morgan fingerprint density at radius 1 is 0.815 bits per heavy atom. The average molecular weight is 357 g/mol. The highest BCUT2D eigenvalue weighted by Gasteiger charge is 2.10. The molecule has 0 aliphatic carbocycles. The second kappa shape index (κ2) is 8.86. The van der Waals surface area contributed by atoms with Gasteiger partial charge >= 0.3 is 0 Å². The van der Waals surface area contributed by atoms with Crippen LogP contribution in [-0.2, 0) is 0 Å². The summed E-state index contributed by atoms with van der Waals surface area (Å²) >= 11 is 0. The lowest BCUT2D eigenvalue weighted by molar-refractivity contribution is 0.473. The number of hydrogen-bond donors (Lipinski definition) is 0. The Balaban J connectivity index is 1.92. The predicted molar refractivity (Wildman–Crippen MR) is 111 cm³/mol. The van der Waals surface area contributed by atoms with Crippen molar-refractivity contribution in [3.05, 3.63) is 102 Å². The Bertz CT molecular complexity index is 945. The minimum absolute atomic E-state index is 0.505. The highest BCUT2D eigenvalue weighted by molar-refractivity contribution is 5.96. The average Bonchev–Trinajstić information content (AvgIpc) is 2.70. The quantitative estimate of drug-likeness (QED) is 0.301. The molecule has 3 aromatic rings. The van der Waals surface area contributed by atoms with E-state index in [1.165, 1.54) is 5.56 Å². The summed E-state index contributed by atoms with van der Waals surface area (Å²) in [7, 11) is 0. The van der Waals surface area contributed by atoms with E-state index in [0.717, 1.165) is 28.3 Å². The van der Waals surface area contributed by atoms with Crippen LogP contribution in [0.1, 0.15) is 18.1 Å². The molecule has 0 spiro atoms. The van der Waals surface area contributed by atoms with Gasteiger partial charge in [-0.3, -0.25) is 0 Å². The van der Waals surface area contributed by atoms with E-state index >= 15 is 0 Å². The Labute approximate surface area is 160 Å². The van der Waals surface area contributed by atoms with E-state index in [0.29, 0.717) is 5.90 Å². The Morgan fingerprint density at radius 3 is 2.19 bits per heavy atom. The fourth-order valence-corrected chi connectivity index (χ4v) is 2.46. The molecule has 0 amide bonds. The van der Waals surface area contributed by atoms with E-state index < -0.39 is 0 Å². The Morgan fingerprint density at radius 2 is 1.48 bits per heavy atom. The number of hydrogen-bond acceptors (Lipinski definition) is 3. The van der Waals surface area contributed by atoms with Crippen molar-refractivity contribution in [1.29, 1.82) is 0 Å². The monoisotopic (exact) mass is 357 g/mol. The van der Waals surface area contributed by atoms with Crippen LogP contribution in [0.2, 0.25) is 0 Å². The molecule has 0 heterocycles. The van der Waals surface area contributed by atoms with Gasteiger partial charge in [-0.05, 0) is 62.2 Å². The second-order valence-electron chi connectivity index (χ2n) is 6.28. The van der Waals surface area contributed by atoms with Crippen molar-refractivity contribution in [2.75, 3.05) is 0 Å². The van der Waals surface area contributed by atoms with Crippen LogP contribution in [0.5, 0.6) is 11.5 Å². The lowest BCUT2D eigenvalue weighted by atomic mass is 10.1. The van der Waals surface area contributed by atoms with Gasteiger partial charge in [0.25, 0.3) is 0 Å². The van der Waals surface area contributed by atoms with Gasteiger partial charge in [-0.1, -0.05) is 48.5 Å². The molecule has 0 N–H and O–H groups in total. The Kier molecular flexibility index (Phi) is 6.06. The summed E-state index contributed by atoms with van der Waals surface area (Å²) < 4.78 is 11.9. The van der Waals surface area contributed by atoms with E-state index in [1.807, 2.05) is 86.6 Å². The molecule has 0 saturated carbocycles. The molecule has 3 heteroatoms. The first kappa shape index (κ1) is 18.5. The van der Waals surface area contributed by atoms with Crippen LogP contribution in [0.15, 0.2) is 95.7 Å². The number of para-hydroxylation sites is 2. The zero-order valence-electron chi connectivity index (χ0n) is 15.8. The molecular formula is C24H23NO2. The molecule has 0 atom stereocenters. The normalized spacial score (nSPS) is 12.0. The molecule has 0 bridgehead atoms. The molecule has 3 aromatic carbocycles. The predicted octanol–water partition coefficient (Wildman–Crippen LogP) is 6.40. The van der Waals surface area contributed by atoms with Crippen LogP contribution in [0.4, 0.5) is 5.69 Å². The highest BCUT2D eigenvalue weighted by Crippen LogP contribution is 2.23. The molecule has 0 fully saturated rings. The number of aryl methyl sites for hydroxylation is 1. The minimum atomic E-state index is 0.505. The van der Waals surface area contributed by atoms with Crippen molar-refractivity contribution < 1.29 is 9.47 Å². The summed E-state index contributed by atoms with van der Waals surface area (Å²) in [5, 5.41) is 0. The summed E-state index contributed by atoms with van der Waals surface area (Å²) in [6, 6.07) is 25.4. The summed E-state index contributed by atoms with van der Waals surface area (Å²) in [6.07, 6.45) is 1.67. The third kappa shape index (κ3) is 5.08. The molecule has 0 aliphatic rings. The number of ether oxygens (including phenoxy) is 2. The smallest absolute Gasteiger partial charge is 0.225 e. The third-order valence-electron chi connectivity index (χ3n) is 4.20. The first-order valence-corrected chi connectivity index (χ1v) is 8.90. The molecule has 0 saturated heterocycles. The molecular weight excluding hydrogens is 334 g/mol. The maximum absolute atomic E-state index is 6.18. The first-order chi connectivity index (χ1) is 13.1. The molecule has 0 aromatic heterocycles. The van der Waals surface area contributed by atoms with Gasteiger partial charge < -0.3 is 9.47 Å². The number of benzene rings is 3. The van der Waals surface area contributed by atoms with E-state index in [2.05, 4.69) is 18.0 Å². The van der Waals surface area contributed by atoms with Gasteiger partial charge in [0, 0.05) is 5.57 Å². The fourth-order valence-electron chi connectivity index (χ4n) is 2.46. The SMILES string of the molecule is CC(=C\Oc1ccccc1)/C(=N\c1ccccc1)Oc1cccc(C)c1C. The maximum atomic E-state index is 6.18. The van der Waals surface area contributed by atoms with Crippen molar-refractivity contribution in [2.24, 2.45) is 4.99 Å². The molecule has 136 valence electrons. The van der Waals surface area contributed by atoms with Crippen molar-refractivity contribution >= 4 is 11.6 Å². The molecule has 27 heavy (non-hydrogen) atoms. The van der Waals surface area contributed by atoms with Gasteiger partial charge in [0.2, 0.25) is 5.90 Å². The van der Waals surface area contributed by atoms with E-state index in [1.54, 1.807) is 6.26 Å². The third-order valence-corrected chi connectivity index (χ3v) is 4.20. The van der Waals surface area contributed by atoms with E-state index in [9.17, 15) is 0 Å².